The molecule has 3 aliphatic heterocycles. The molecule has 0 saturated carbocycles. The maximum absolute atomic E-state index is 5.55. The maximum Gasteiger partial charge on any atom is 0.191 e. The Morgan fingerprint density at radius 1 is 1.19 bits per heavy atom. The molecule has 0 bridgehead atoms. The molecule has 2 atom stereocenters. The van der Waals surface area contributed by atoms with E-state index >= 15 is 0 Å². The van der Waals surface area contributed by atoms with Crippen molar-refractivity contribution in [1.82, 2.24) is 20.4 Å². The first-order valence-electron chi connectivity index (χ1n) is 12.4. The van der Waals surface area contributed by atoms with Gasteiger partial charge < -0.3 is 24.7 Å². The Morgan fingerprint density at radius 2 is 2.10 bits per heavy atom. The van der Waals surface area contributed by atoms with E-state index in [1.807, 2.05) is 12.1 Å². The second kappa shape index (κ2) is 11.9. The van der Waals surface area contributed by atoms with E-state index < -0.39 is 0 Å². The molecule has 174 valence electrons. The summed E-state index contributed by atoms with van der Waals surface area (Å²) in [7, 11) is 0. The van der Waals surface area contributed by atoms with Crippen LogP contribution in [-0.2, 0) is 11.2 Å². The summed E-state index contributed by atoms with van der Waals surface area (Å²) in [6.07, 6.45) is 8.76. The first-order chi connectivity index (χ1) is 15.3. The summed E-state index contributed by atoms with van der Waals surface area (Å²) in [5, 5.41) is 7.31. The molecule has 4 heterocycles. The lowest BCUT2D eigenvalue weighted by atomic mass is 10.0. The number of nitrogens with one attached hydrogen (secondary N) is 2. The number of furan rings is 1. The van der Waals surface area contributed by atoms with Crippen LogP contribution in [0.5, 0.6) is 0 Å². The van der Waals surface area contributed by atoms with E-state index in [0.717, 1.165) is 56.9 Å². The molecule has 1 aromatic rings. The van der Waals surface area contributed by atoms with Crippen LogP contribution in [0.15, 0.2) is 27.8 Å². The first-order valence-corrected chi connectivity index (χ1v) is 12.4. The van der Waals surface area contributed by atoms with Crippen LogP contribution in [0.1, 0.15) is 44.8 Å². The van der Waals surface area contributed by atoms with Crippen molar-refractivity contribution < 1.29 is 9.15 Å². The third kappa shape index (κ3) is 6.96. The number of hydrogen-bond acceptors (Lipinski definition) is 5. The van der Waals surface area contributed by atoms with Gasteiger partial charge >= 0.3 is 0 Å². The normalized spacial score (nSPS) is 26.5. The van der Waals surface area contributed by atoms with Crippen LogP contribution in [-0.4, -0.2) is 86.9 Å². The molecule has 3 fully saturated rings. The van der Waals surface area contributed by atoms with E-state index in [0.29, 0.717) is 12.1 Å². The van der Waals surface area contributed by atoms with E-state index in [1.54, 1.807) is 6.26 Å². The van der Waals surface area contributed by atoms with Gasteiger partial charge in [0.05, 0.1) is 19.4 Å². The predicted molar refractivity (Wildman–Crippen MR) is 125 cm³/mol. The summed E-state index contributed by atoms with van der Waals surface area (Å²) in [5.41, 5.74) is 0. The number of aliphatic imine (C=N–C) groups is 1. The minimum Gasteiger partial charge on any atom is -0.469 e. The Balaban J connectivity index is 1.26. The van der Waals surface area contributed by atoms with Gasteiger partial charge in [0.25, 0.3) is 0 Å². The van der Waals surface area contributed by atoms with E-state index in [1.165, 1.54) is 58.3 Å². The van der Waals surface area contributed by atoms with Crippen LogP contribution in [0.2, 0.25) is 0 Å². The molecule has 4 rings (SSSR count). The third-order valence-corrected chi connectivity index (χ3v) is 7.08. The van der Waals surface area contributed by atoms with Crippen LogP contribution in [0, 0.1) is 5.92 Å². The summed E-state index contributed by atoms with van der Waals surface area (Å²) >= 11 is 0. The summed E-state index contributed by atoms with van der Waals surface area (Å²) in [6, 6.07) is 5.07. The van der Waals surface area contributed by atoms with E-state index in [2.05, 4.69) is 27.4 Å². The molecule has 31 heavy (non-hydrogen) atoms. The van der Waals surface area contributed by atoms with Gasteiger partial charge in [-0.05, 0) is 63.2 Å². The Hall–Kier alpha value is -1.57. The fraction of sp³-hybridized carbons (Fsp3) is 0.792. The second-order valence-corrected chi connectivity index (χ2v) is 9.32. The van der Waals surface area contributed by atoms with Crippen LogP contribution in [0.25, 0.3) is 0 Å². The summed E-state index contributed by atoms with van der Waals surface area (Å²) in [4.78, 5) is 10.2. The van der Waals surface area contributed by atoms with Crippen LogP contribution >= 0.6 is 0 Å². The quantitative estimate of drug-likeness (QED) is 0.462. The molecule has 0 amide bonds. The minimum atomic E-state index is 0.497. The second-order valence-electron chi connectivity index (χ2n) is 9.32. The van der Waals surface area contributed by atoms with Gasteiger partial charge in [-0.1, -0.05) is 6.92 Å². The zero-order chi connectivity index (χ0) is 21.3. The number of guanidine groups is 1. The fourth-order valence-corrected chi connectivity index (χ4v) is 5.17. The number of hydrogen-bond donors (Lipinski definition) is 2. The van der Waals surface area contributed by atoms with Gasteiger partial charge in [-0.25, -0.2) is 0 Å². The number of likely N-dealkylation sites (N-methyl/N-ethyl adjacent to an activating group) is 1. The average molecular weight is 432 g/mol. The van der Waals surface area contributed by atoms with Crippen molar-refractivity contribution in [1.29, 1.82) is 0 Å². The van der Waals surface area contributed by atoms with Crippen molar-refractivity contribution >= 4 is 5.96 Å². The predicted octanol–water partition coefficient (Wildman–Crippen LogP) is 2.34. The highest BCUT2D eigenvalue weighted by Crippen LogP contribution is 2.18. The van der Waals surface area contributed by atoms with Crippen LogP contribution in [0.3, 0.4) is 0 Å². The Kier molecular flexibility index (Phi) is 8.67. The van der Waals surface area contributed by atoms with Gasteiger partial charge in [0.15, 0.2) is 5.96 Å². The number of rotatable bonds is 9. The van der Waals surface area contributed by atoms with Crippen molar-refractivity contribution in [2.45, 2.75) is 57.5 Å². The molecule has 3 saturated heterocycles. The van der Waals surface area contributed by atoms with Crippen molar-refractivity contribution in [2.75, 3.05) is 59.0 Å². The lowest BCUT2D eigenvalue weighted by molar-refractivity contribution is 0.150. The molecule has 0 radical (unpaired) electrons. The summed E-state index contributed by atoms with van der Waals surface area (Å²) in [5.74, 6) is 2.72. The molecule has 7 heteroatoms. The number of ether oxygens (including phenoxy) is 1. The average Bonchev–Trinajstić information content (AvgIpc) is 3.56. The van der Waals surface area contributed by atoms with Gasteiger partial charge in [-0.3, -0.25) is 9.89 Å². The van der Waals surface area contributed by atoms with Crippen molar-refractivity contribution in [3.05, 3.63) is 24.2 Å². The SMILES string of the molecule is CCN1CCCC1CN=C(NCCc1ccco1)NC1CCN(CC2CCOC2)CC1. The highest BCUT2D eigenvalue weighted by molar-refractivity contribution is 5.80. The summed E-state index contributed by atoms with van der Waals surface area (Å²) in [6.45, 7) is 11.7. The lowest BCUT2D eigenvalue weighted by Crippen LogP contribution is -2.50. The number of piperidine rings is 1. The minimum absolute atomic E-state index is 0.497. The Labute approximate surface area is 187 Å². The fourth-order valence-electron chi connectivity index (χ4n) is 5.17. The third-order valence-electron chi connectivity index (χ3n) is 7.08. The molecule has 0 aliphatic carbocycles. The van der Waals surface area contributed by atoms with E-state index in [4.69, 9.17) is 14.1 Å². The van der Waals surface area contributed by atoms with Gasteiger partial charge in [0, 0.05) is 51.3 Å². The Morgan fingerprint density at radius 3 is 2.84 bits per heavy atom. The van der Waals surface area contributed by atoms with E-state index in [-0.39, 0.29) is 0 Å². The largest absolute Gasteiger partial charge is 0.469 e. The number of nitrogens with zero attached hydrogens (tertiary/aromatic N) is 3. The van der Waals surface area contributed by atoms with Crippen molar-refractivity contribution in [3.8, 4) is 0 Å². The molecule has 1 aromatic heterocycles. The van der Waals surface area contributed by atoms with Crippen molar-refractivity contribution in [2.24, 2.45) is 10.9 Å². The standard InChI is InChI=1S/C24H41N5O2/c1-2-29-12-3-5-22(29)17-26-24(25-11-7-23-6-4-15-31-23)27-21-8-13-28(14-9-21)18-20-10-16-30-19-20/h4,6,15,20-22H,2-3,5,7-14,16-19H2,1H3,(H2,25,26,27). The molecule has 0 aromatic carbocycles. The molecule has 2 N–H and O–H groups in total. The molecule has 0 spiro atoms. The highest BCUT2D eigenvalue weighted by atomic mass is 16.5. The monoisotopic (exact) mass is 431 g/mol. The molecular formula is C24H41N5O2. The molecule has 3 aliphatic rings. The van der Waals surface area contributed by atoms with Gasteiger partial charge in [-0.15, -0.1) is 0 Å². The highest BCUT2D eigenvalue weighted by Gasteiger charge is 2.25. The summed E-state index contributed by atoms with van der Waals surface area (Å²) < 4.78 is 11.0. The zero-order valence-electron chi connectivity index (χ0n) is 19.2. The topological polar surface area (TPSA) is 65.3 Å². The van der Waals surface area contributed by atoms with Crippen LogP contribution < -0.4 is 10.6 Å². The Bertz CT molecular complexity index is 651. The van der Waals surface area contributed by atoms with Gasteiger partial charge in [0.1, 0.15) is 5.76 Å². The smallest absolute Gasteiger partial charge is 0.191 e. The van der Waals surface area contributed by atoms with Crippen molar-refractivity contribution in [3.63, 3.8) is 0 Å². The number of likely N-dealkylation sites (tertiary alicyclic amines) is 2. The first kappa shape index (κ1) is 22.6. The molecule has 7 nitrogen and oxygen atoms in total. The molecular weight excluding hydrogens is 390 g/mol. The van der Waals surface area contributed by atoms with E-state index in [9.17, 15) is 0 Å². The molecule has 2 unspecified atom stereocenters. The van der Waals surface area contributed by atoms with Gasteiger partial charge in [0.2, 0.25) is 0 Å². The maximum atomic E-state index is 5.55. The van der Waals surface area contributed by atoms with Gasteiger partial charge in [-0.2, -0.15) is 0 Å². The van der Waals surface area contributed by atoms with Crippen LogP contribution in [0.4, 0.5) is 0 Å². The lowest BCUT2D eigenvalue weighted by Gasteiger charge is -2.34. The zero-order valence-corrected chi connectivity index (χ0v) is 19.2.